The number of hydrogen-bond acceptors (Lipinski definition) is 5. The minimum absolute atomic E-state index is 0.132. The number of rotatable bonds is 7. The first-order valence-electron chi connectivity index (χ1n) is 24.0. The quantitative estimate of drug-likeness (QED) is 0.157. The highest BCUT2D eigenvalue weighted by molar-refractivity contribution is 6.14. The van der Waals surface area contributed by atoms with Crippen LogP contribution in [-0.4, -0.2) is 9.13 Å². The first-order valence-corrected chi connectivity index (χ1v) is 24.0. The van der Waals surface area contributed by atoms with Gasteiger partial charge in [-0.25, -0.2) is 0 Å². The van der Waals surface area contributed by atoms with Crippen LogP contribution in [0.25, 0.3) is 111 Å². The normalized spacial score (nSPS) is 11.3. The van der Waals surface area contributed by atoms with Crippen LogP contribution in [0, 0.1) is 56.7 Å². The number of benzene rings is 10. The van der Waals surface area contributed by atoms with E-state index in [0.717, 1.165) is 39.1 Å². The zero-order valence-corrected chi connectivity index (χ0v) is 39.9. The van der Waals surface area contributed by atoms with Crippen LogP contribution >= 0.6 is 0 Å². The van der Waals surface area contributed by atoms with E-state index in [1.54, 1.807) is 66.7 Å². The van der Waals surface area contributed by atoms with Crippen LogP contribution in [-0.2, 0) is 6.18 Å². The van der Waals surface area contributed by atoms with E-state index in [1.807, 2.05) is 130 Å². The number of nitrogens with zero attached hydrogens (tertiary/aromatic N) is 7. The molecule has 0 fully saturated rings. The molecule has 0 N–H and O–H groups in total. The predicted octanol–water partition coefficient (Wildman–Crippen LogP) is 16.6. The van der Waals surface area contributed by atoms with Gasteiger partial charge in [-0.2, -0.15) is 39.5 Å². The van der Waals surface area contributed by atoms with E-state index in [4.69, 9.17) is 0 Å². The van der Waals surface area contributed by atoms with Gasteiger partial charge in [0.15, 0.2) is 0 Å². The molecule has 0 radical (unpaired) electrons. The number of aromatic nitrogens is 2. The minimum atomic E-state index is -4.89. The molecule has 0 aliphatic carbocycles. The first-order chi connectivity index (χ1) is 37.1. The van der Waals surface area contributed by atoms with Crippen LogP contribution < -0.4 is 0 Å². The molecule has 10 aromatic carbocycles. The van der Waals surface area contributed by atoms with Crippen LogP contribution in [0.2, 0.25) is 0 Å². The number of fused-ring (bicyclic) bond motifs is 6. The summed E-state index contributed by atoms with van der Waals surface area (Å²) in [6, 6.07) is 72.1. The van der Waals surface area contributed by atoms with E-state index in [-0.39, 0.29) is 22.4 Å². The molecule has 0 saturated heterocycles. The zero-order chi connectivity index (χ0) is 52.2. The Balaban J connectivity index is 1.18. The Morgan fingerprint density at radius 1 is 0.316 bits per heavy atom. The SMILES string of the molecule is N#Cc1ccc(-n2c3ccc(-c4ccccc4C#N)cc3c3cc(-c4ccccc4C#N)ccc32)c(-c2c(-n3c4ccc(-c5ccccc5C#N)cc4c4cc(-c5ccccc5C#N)ccc43)cccc2C(F)(F)F)c1. The monoisotopic (exact) mass is 981 g/mol. The molecule has 7 nitrogen and oxygen atoms in total. The van der Waals surface area contributed by atoms with E-state index in [9.17, 15) is 26.3 Å². The van der Waals surface area contributed by atoms with Crippen molar-refractivity contribution in [3.63, 3.8) is 0 Å². The van der Waals surface area contributed by atoms with Crippen LogP contribution in [0.4, 0.5) is 13.2 Å². The second kappa shape index (κ2) is 18.3. The molecule has 12 rings (SSSR count). The zero-order valence-electron chi connectivity index (χ0n) is 39.9. The van der Waals surface area contributed by atoms with Crippen molar-refractivity contribution >= 4 is 43.6 Å². The molecular formula is C66H34F3N7. The van der Waals surface area contributed by atoms with Crippen molar-refractivity contribution in [2.45, 2.75) is 6.18 Å². The van der Waals surface area contributed by atoms with E-state index in [0.29, 0.717) is 83.0 Å². The van der Waals surface area contributed by atoms with Crippen molar-refractivity contribution < 1.29 is 13.2 Å². The van der Waals surface area contributed by atoms with Gasteiger partial charge in [0, 0.05) is 32.7 Å². The van der Waals surface area contributed by atoms with Crippen molar-refractivity contribution in [1.29, 1.82) is 26.3 Å². The topological polar surface area (TPSA) is 129 Å². The Morgan fingerprint density at radius 3 is 1.01 bits per heavy atom. The predicted molar refractivity (Wildman–Crippen MR) is 291 cm³/mol. The fourth-order valence-electron chi connectivity index (χ4n) is 10.8. The lowest BCUT2D eigenvalue weighted by molar-refractivity contribution is -0.137. The second-order valence-electron chi connectivity index (χ2n) is 18.3. The van der Waals surface area contributed by atoms with Crippen LogP contribution in [0.5, 0.6) is 0 Å². The molecule has 0 aliphatic rings. The summed E-state index contributed by atoms with van der Waals surface area (Å²) < 4.78 is 52.1. The number of halogens is 3. The van der Waals surface area contributed by atoms with Crippen molar-refractivity contribution in [2.24, 2.45) is 0 Å². The van der Waals surface area contributed by atoms with Gasteiger partial charge in [-0.1, -0.05) is 103 Å². The van der Waals surface area contributed by atoms with Gasteiger partial charge in [0.1, 0.15) is 0 Å². The summed E-state index contributed by atoms with van der Waals surface area (Å²) >= 11 is 0. The third kappa shape index (κ3) is 7.49. The maximum Gasteiger partial charge on any atom is 0.417 e. The molecule has 354 valence electrons. The number of alkyl halides is 3. The summed E-state index contributed by atoms with van der Waals surface area (Å²) in [7, 11) is 0. The lowest BCUT2D eigenvalue weighted by atomic mass is 9.93. The highest BCUT2D eigenvalue weighted by Gasteiger charge is 2.37. The standard InChI is InChI=1S/C66H34F3N7/c67-66(68,69)58-18-9-19-64(76-61-28-23-43(51-16-7-3-12-47(51)38-73)33-55(61)56-34-44(24-29-62(56)76)52-17-8-4-13-48(52)39-74)65(58)57-30-40(35-70)20-25-63(57)75-59-26-21-41(49-14-5-1-10-45(49)36-71)31-53(59)54-32-42(22-27-60(54)75)50-15-6-2-11-46(50)37-72/h1-34H. The summed E-state index contributed by atoms with van der Waals surface area (Å²) in [5.41, 5.74) is 9.73. The van der Waals surface area contributed by atoms with Crippen molar-refractivity contribution in [3.8, 4) is 97.4 Å². The lowest BCUT2D eigenvalue weighted by Gasteiger charge is -2.22. The fourth-order valence-corrected chi connectivity index (χ4v) is 10.8. The van der Waals surface area contributed by atoms with Gasteiger partial charge in [-0.3, -0.25) is 0 Å². The highest BCUT2D eigenvalue weighted by Crippen LogP contribution is 2.48. The Kier molecular flexibility index (Phi) is 11.1. The van der Waals surface area contributed by atoms with Gasteiger partial charge in [0.2, 0.25) is 0 Å². The molecule has 0 amide bonds. The Bertz CT molecular complexity index is 4420. The van der Waals surface area contributed by atoms with E-state index < -0.39 is 11.7 Å². The molecule has 0 spiro atoms. The summed E-state index contributed by atoms with van der Waals surface area (Å²) in [5, 5.41) is 54.0. The molecule has 2 aromatic heterocycles. The maximum absolute atomic E-state index is 16.1. The van der Waals surface area contributed by atoms with Crippen LogP contribution in [0.3, 0.4) is 0 Å². The van der Waals surface area contributed by atoms with Gasteiger partial charge in [-0.05, 0) is 148 Å². The van der Waals surface area contributed by atoms with Gasteiger partial charge in [-0.15, -0.1) is 0 Å². The van der Waals surface area contributed by atoms with E-state index in [1.165, 1.54) is 12.1 Å². The largest absolute Gasteiger partial charge is 0.417 e. The summed E-state index contributed by atoms with van der Waals surface area (Å²) in [4.78, 5) is 0. The molecule has 0 unspecified atom stereocenters. The Labute approximate surface area is 433 Å². The molecule has 0 bridgehead atoms. The fraction of sp³-hybridized carbons (Fsp3) is 0.0152. The number of nitriles is 5. The molecule has 10 heteroatoms. The lowest BCUT2D eigenvalue weighted by Crippen LogP contribution is -2.11. The van der Waals surface area contributed by atoms with Gasteiger partial charge >= 0.3 is 6.18 Å². The molecule has 0 saturated carbocycles. The van der Waals surface area contributed by atoms with Crippen molar-refractivity contribution in [3.05, 3.63) is 240 Å². The molecule has 2 heterocycles. The Hall–Kier alpha value is -11.0. The highest BCUT2D eigenvalue weighted by atomic mass is 19.4. The van der Waals surface area contributed by atoms with Crippen molar-refractivity contribution in [1.82, 2.24) is 9.13 Å². The smallest absolute Gasteiger partial charge is 0.309 e. The molecule has 0 atom stereocenters. The average Bonchev–Trinajstić information content (AvgIpc) is 4.10. The third-order valence-corrected chi connectivity index (χ3v) is 14.2. The third-order valence-electron chi connectivity index (χ3n) is 14.2. The van der Waals surface area contributed by atoms with Gasteiger partial charge < -0.3 is 9.13 Å². The second-order valence-corrected chi connectivity index (χ2v) is 18.3. The molecule has 0 aliphatic heterocycles. The number of hydrogen-bond donors (Lipinski definition) is 0. The summed E-state index contributed by atoms with van der Waals surface area (Å²) in [6.07, 6.45) is -4.89. The molecular weight excluding hydrogens is 948 g/mol. The average molecular weight is 982 g/mol. The van der Waals surface area contributed by atoms with Gasteiger partial charge in [0.05, 0.1) is 97.2 Å². The van der Waals surface area contributed by atoms with Gasteiger partial charge in [0.25, 0.3) is 0 Å². The van der Waals surface area contributed by atoms with Crippen LogP contribution in [0.15, 0.2) is 206 Å². The Morgan fingerprint density at radius 2 is 0.671 bits per heavy atom. The molecule has 76 heavy (non-hydrogen) atoms. The maximum atomic E-state index is 16.1. The van der Waals surface area contributed by atoms with Crippen molar-refractivity contribution in [2.75, 3.05) is 0 Å². The van der Waals surface area contributed by atoms with Crippen LogP contribution in [0.1, 0.15) is 33.4 Å². The van der Waals surface area contributed by atoms with E-state index >= 15 is 13.2 Å². The summed E-state index contributed by atoms with van der Waals surface area (Å²) in [6.45, 7) is 0. The molecule has 12 aromatic rings. The summed E-state index contributed by atoms with van der Waals surface area (Å²) in [5.74, 6) is 0. The first kappa shape index (κ1) is 46.1. The van der Waals surface area contributed by atoms with E-state index in [2.05, 4.69) is 30.3 Å². The minimum Gasteiger partial charge on any atom is -0.309 e.